The molecule has 2 aromatic rings. The average Bonchev–Trinajstić information content (AvgIpc) is 2.55. The number of nitrogens with one attached hydrogen (secondary N) is 1. The molecule has 21 heavy (non-hydrogen) atoms. The predicted octanol–water partition coefficient (Wildman–Crippen LogP) is 3.22. The van der Waals surface area contributed by atoms with E-state index in [0.29, 0.717) is 6.54 Å². The molecule has 0 saturated carbocycles. The number of ether oxygens (including phenoxy) is 2. The second kappa shape index (κ2) is 7.33. The molecule has 0 atom stereocenters. The third-order valence-electron chi connectivity index (χ3n) is 3.17. The molecule has 0 saturated heterocycles. The zero-order valence-corrected chi connectivity index (χ0v) is 12.6. The van der Waals surface area contributed by atoms with Crippen LogP contribution in [0, 0.1) is 0 Å². The lowest BCUT2D eigenvalue weighted by molar-refractivity contribution is 0.354. The monoisotopic (exact) mass is 284 g/mol. The Morgan fingerprint density at radius 2 is 1.71 bits per heavy atom. The summed E-state index contributed by atoms with van der Waals surface area (Å²) in [4.78, 5) is 0. The van der Waals surface area contributed by atoms with Crippen LogP contribution in [0.5, 0.6) is 11.5 Å². The molecule has 4 heteroatoms. The maximum atomic E-state index is 5.29. The molecule has 4 nitrogen and oxygen atoms in total. The molecule has 0 fully saturated rings. The summed E-state index contributed by atoms with van der Waals surface area (Å²) in [5.41, 5.74) is 6.22. The molecule has 2 aromatic carbocycles. The van der Waals surface area contributed by atoms with Crippen molar-refractivity contribution in [2.24, 2.45) is 5.10 Å². The van der Waals surface area contributed by atoms with E-state index in [1.165, 1.54) is 0 Å². The quantitative estimate of drug-likeness (QED) is 0.654. The van der Waals surface area contributed by atoms with E-state index in [4.69, 9.17) is 9.47 Å². The first kappa shape index (κ1) is 14.9. The van der Waals surface area contributed by atoms with Crippen LogP contribution < -0.4 is 14.9 Å². The number of hydrogen-bond donors (Lipinski definition) is 1. The largest absolute Gasteiger partial charge is 0.493 e. The smallest absolute Gasteiger partial charge is 0.161 e. The molecule has 0 aliphatic carbocycles. The molecule has 0 unspecified atom stereocenters. The van der Waals surface area contributed by atoms with Gasteiger partial charge in [-0.1, -0.05) is 36.4 Å². The van der Waals surface area contributed by atoms with Gasteiger partial charge in [0.1, 0.15) is 0 Å². The maximum absolute atomic E-state index is 5.29. The van der Waals surface area contributed by atoms with Gasteiger partial charge >= 0.3 is 0 Å². The molecular formula is C17H20N2O2. The van der Waals surface area contributed by atoms with Crippen molar-refractivity contribution in [2.45, 2.75) is 13.5 Å². The van der Waals surface area contributed by atoms with Gasteiger partial charge in [0, 0.05) is 0 Å². The number of hydrogen-bond acceptors (Lipinski definition) is 4. The molecule has 0 bridgehead atoms. The normalized spacial score (nSPS) is 11.1. The van der Waals surface area contributed by atoms with E-state index in [2.05, 4.69) is 10.5 Å². The third-order valence-corrected chi connectivity index (χ3v) is 3.17. The van der Waals surface area contributed by atoms with E-state index in [9.17, 15) is 0 Å². The zero-order chi connectivity index (χ0) is 15.1. The molecule has 0 amide bonds. The highest BCUT2D eigenvalue weighted by Crippen LogP contribution is 2.27. The summed E-state index contributed by atoms with van der Waals surface area (Å²) in [5, 5.41) is 4.38. The van der Waals surface area contributed by atoms with Gasteiger partial charge in [0.05, 0.1) is 26.5 Å². The Morgan fingerprint density at radius 3 is 2.38 bits per heavy atom. The lowest BCUT2D eigenvalue weighted by Crippen LogP contribution is -2.09. The molecule has 0 spiro atoms. The van der Waals surface area contributed by atoms with Crippen molar-refractivity contribution in [2.75, 3.05) is 14.2 Å². The van der Waals surface area contributed by atoms with E-state index in [1.54, 1.807) is 14.2 Å². The van der Waals surface area contributed by atoms with Crippen molar-refractivity contribution in [3.05, 3.63) is 59.7 Å². The van der Waals surface area contributed by atoms with Gasteiger partial charge in [0.2, 0.25) is 0 Å². The van der Waals surface area contributed by atoms with Gasteiger partial charge in [-0.05, 0) is 30.2 Å². The first-order valence-corrected chi connectivity index (χ1v) is 6.78. The lowest BCUT2D eigenvalue weighted by atomic mass is 10.1. The Balaban J connectivity index is 2.00. The molecule has 0 aliphatic rings. The topological polar surface area (TPSA) is 42.8 Å². The summed E-state index contributed by atoms with van der Waals surface area (Å²) in [6.45, 7) is 2.61. The highest BCUT2D eigenvalue weighted by molar-refractivity contribution is 5.98. The number of methoxy groups -OCH3 is 2. The number of benzene rings is 2. The van der Waals surface area contributed by atoms with E-state index in [-0.39, 0.29) is 0 Å². The highest BCUT2D eigenvalue weighted by atomic mass is 16.5. The standard InChI is InChI=1S/C17H20N2O2/c1-13(15-7-5-4-6-8-15)19-18-12-14-9-10-16(20-2)17(11-14)21-3/h4-11,18H,12H2,1-3H3/b19-13-. The third kappa shape index (κ3) is 3.99. The van der Waals surface area contributed by atoms with Gasteiger partial charge in [-0.25, -0.2) is 0 Å². The van der Waals surface area contributed by atoms with Crippen LogP contribution in [-0.2, 0) is 6.54 Å². The molecule has 0 heterocycles. The Morgan fingerprint density at radius 1 is 1.00 bits per heavy atom. The number of hydrazone groups is 1. The van der Waals surface area contributed by atoms with Gasteiger partial charge in [-0.3, -0.25) is 0 Å². The van der Waals surface area contributed by atoms with E-state index < -0.39 is 0 Å². The molecule has 110 valence electrons. The van der Waals surface area contributed by atoms with Gasteiger partial charge in [0.25, 0.3) is 0 Å². The van der Waals surface area contributed by atoms with Crippen LogP contribution in [0.3, 0.4) is 0 Å². The fraction of sp³-hybridized carbons (Fsp3) is 0.235. The second-order valence-corrected chi connectivity index (χ2v) is 4.59. The first-order valence-electron chi connectivity index (χ1n) is 6.78. The van der Waals surface area contributed by atoms with Gasteiger partial charge in [-0.2, -0.15) is 5.10 Å². The van der Waals surface area contributed by atoms with Crippen LogP contribution in [0.4, 0.5) is 0 Å². The average molecular weight is 284 g/mol. The summed E-state index contributed by atoms with van der Waals surface area (Å²) < 4.78 is 10.5. The van der Waals surface area contributed by atoms with E-state index in [1.807, 2.05) is 55.5 Å². The minimum atomic E-state index is 0.629. The summed E-state index contributed by atoms with van der Waals surface area (Å²) in [6.07, 6.45) is 0. The van der Waals surface area contributed by atoms with Crippen LogP contribution in [0.25, 0.3) is 0 Å². The van der Waals surface area contributed by atoms with E-state index >= 15 is 0 Å². The highest BCUT2D eigenvalue weighted by Gasteiger charge is 2.04. The minimum Gasteiger partial charge on any atom is -0.493 e. The van der Waals surface area contributed by atoms with Crippen LogP contribution in [0.1, 0.15) is 18.1 Å². The van der Waals surface area contributed by atoms with Gasteiger partial charge < -0.3 is 14.9 Å². The van der Waals surface area contributed by atoms with Crippen LogP contribution in [-0.4, -0.2) is 19.9 Å². The Kier molecular flexibility index (Phi) is 5.21. The SMILES string of the molecule is COc1ccc(CN/N=C(/C)c2ccccc2)cc1OC. The Labute approximate surface area is 125 Å². The number of rotatable bonds is 6. The lowest BCUT2D eigenvalue weighted by Gasteiger charge is -2.09. The summed E-state index contributed by atoms with van der Waals surface area (Å²) in [6, 6.07) is 15.9. The molecule has 1 N–H and O–H groups in total. The van der Waals surface area contributed by atoms with Crippen molar-refractivity contribution in [1.29, 1.82) is 0 Å². The summed E-state index contributed by atoms with van der Waals surface area (Å²) >= 11 is 0. The van der Waals surface area contributed by atoms with Gasteiger partial charge in [0.15, 0.2) is 11.5 Å². The summed E-state index contributed by atoms with van der Waals surface area (Å²) in [5.74, 6) is 1.45. The van der Waals surface area contributed by atoms with Crippen molar-refractivity contribution in [3.63, 3.8) is 0 Å². The van der Waals surface area contributed by atoms with Crippen LogP contribution >= 0.6 is 0 Å². The molecule has 0 radical (unpaired) electrons. The Bertz CT molecular complexity index is 609. The molecule has 0 aromatic heterocycles. The van der Waals surface area contributed by atoms with E-state index in [0.717, 1.165) is 28.3 Å². The van der Waals surface area contributed by atoms with Crippen LogP contribution in [0.2, 0.25) is 0 Å². The Hall–Kier alpha value is -2.49. The summed E-state index contributed by atoms with van der Waals surface area (Å²) in [7, 11) is 3.26. The number of nitrogens with zero attached hydrogens (tertiary/aromatic N) is 1. The van der Waals surface area contributed by atoms with Gasteiger partial charge in [-0.15, -0.1) is 0 Å². The first-order chi connectivity index (χ1) is 10.2. The molecular weight excluding hydrogens is 264 g/mol. The van der Waals surface area contributed by atoms with Crippen molar-refractivity contribution in [3.8, 4) is 11.5 Å². The van der Waals surface area contributed by atoms with Crippen molar-refractivity contribution >= 4 is 5.71 Å². The minimum absolute atomic E-state index is 0.629. The maximum Gasteiger partial charge on any atom is 0.161 e. The predicted molar refractivity (Wildman–Crippen MR) is 85.0 cm³/mol. The fourth-order valence-electron chi connectivity index (χ4n) is 1.98. The molecule has 2 rings (SSSR count). The fourth-order valence-corrected chi connectivity index (χ4v) is 1.98. The van der Waals surface area contributed by atoms with Crippen molar-refractivity contribution in [1.82, 2.24) is 5.43 Å². The van der Waals surface area contributed by atoms with Crippen molar-refractivity contribution < 1.29 is 9.47 Å². The van der Waals surface area contributed by atoms with Crippen LogP contribution in [0.15, 0.2) is 53.6 Å². The molecule has 0 aliphatic heterocycles. The zero-order valence-electron chi connectivity index (χ0n) is 12.6. The second-order valence-electron chi connectivity index (χ2n) is 4.59.